The first-order chi connectivity index (χ1) is 18.5. The number of benzene rings is 2. The van der Waals surface area contributed by atoms with Crippen molar-refractivity contribution in [2.45, 2.75) is 25.9 Å². The van der Waals surface area contributed by atoms with Crippen molar-refractivity contribution in [1.82, 2.24) is 24.8 Å². The number of ether oxygens (including phenoxy) is 3. The largest absolute Gasteiger partial charge is 0.500 e. The fraction of sp³-hybridized carbons (Fsp3) is 0.250. The number of methoxy groups -OCH3 is 1. The monoisotopic (exact) mass is 514 g/mol. The fourth-order valence-electron chi connectivity index (χ4n) is 4.18. The van der Waals surface area contributed by atoms with E-state index in [2.05, 4.69) is 45.1 Å². The predicted octanol–water partition coefficient (Wildman–Crippen LogP) is 3.67. The van der Waals surface area contributed by atoms with E-state index < -0.39 is 0 Å². The molecule has 0 fully saturated rings. The van der Waals surface area contributed by atoms with Crippen molar-refractivity contribution in [2.24, 2.45) is 0 Å². The normalized spacial score (nSPS) is 14.0. The van der Waals surface area contributed by atoms with Crippen molar-refractivity contribution in [3.05, 3.63) is 94.1 Å². The van der Waals surface area contributed by atoms with Crippen LogP contribution in [0.4, 0.5) is 5.82 Å². The second-order valence-corrected chi connectivity index (χ2v) is 8.95. The first-order valence-corrected chi connectivity index (χ1v) is 12.3. The first-order valence-electron chi connectivity index (χ1n) is 12.3. The second kappa shape index (κ2) is 11.2. The SMILES string of the molecule is C=C(CNCc1ccc(Oc2ccc3cc2C/C=C/CCOc2nc(N)c4[nH]c(=O)n(c4n2)C3)cc1)OC. The molecule has 4 aromatic rings. The third-order valence-corrected chi connectivity index (χ3v) is 6.21. The number of nitrogen functional groups attached to an aromatic ring is 1. The van der Waals surface area contributed by atoms with E-state index in [1.165, 1.54) is 4.57 Å². The van der Waals surface area contributed by atoms with Crippen LogP contribution in [0.25, 0.3) is 11.2 Å². The summed E-state index contributed by atoms with van der Waals surface area (Å²) in [7, 11) is 1.61. The Kier molecular flexibility index (Phi) is 7.41. The molecule has 0 unspecified atom stereocenters. The summed E-state index contributed by atoms with van der Waals surface area (Å²) < 4.78 is 18.6. The summed E-state index contributed by atoms with van der Waals surface area (Å²) in [5.74, 6) is 2.36. The summed E-state index contributed by atoms with van der Waals surface area (Å²) in [6.07, 6.45) is 5.47. The summed E-state index contributed by atoms with van der Waals surface area (Å²) >= 11 is 0. The lowest BCUT2D eigenvalue weighted by atomic mass is 10.1. The zero-order valence-electron chi connectivity index (χ0n) is 21.2. The topological polar surface area (TPSA) is 129 Å². The number of hydrogen-bond acceptors (Lipinski definition) is 8. The molecule has 0 aliphatic carbocycles. The van der Waals surface area contributed by atoms with Crippen LogP contribution in [0.3, 0.4) is 0 Å². The summed E-state index contributed by atoms with van der Waals surface area (Å²) in [4.78, 5) is 24.1. The number of hydrogen-bond donors (Lipinski definition) is 3. The van der Waals surface area contributed by atoms with E-state index in [1.807, 2.05) is 36.4 Å². The average Bonchev–Trinajstić information content (AvgIpc) is 3.23. The molecule has 4 bridgehead atoms. The molecule has 4 N–H and O–H groups in total. The smallest absolute Gasteiger partial charge is 0.328 e. The van der Waals surface area contributed by atoms with E-state index in [0.29, 0.717) is 56.0 Å². The molecule has 0 radical (unpaired) electrons. The lowest BCUT2D eigenvalue weighted by Crippen LogP contribution is -2.18. The van der Waals surface area contributed by atoms with Gasteiger partial charge in [0, 0.05) is 6.54 Å². The maximum absolute atomic E-state index is 12.7. The first kappa shape index (κ1) is 25.1. The highest BCUT2D eigenvalue weighted by molar-refractivity contribution is 5.82. The molecule has 1 aliphatic heterocycles. The van der Waals surface area contributed by atoms with Crippen molar-refractivity contribution in [1.29, 1.82) is 0 Å². The maximum atomic E-state index is 12.7. The number of fused-ring (bicyclic) bond motifs is 3. The third kappa shape index (κ3) is 5.70. The van der Waals surface area contributed by atoms with Gasteiger partial charge in [0.05, 0.1) is 26.8 Å². The molecule has 0 amide bonds. The molecule has 0 spiro atoms. The van der Waals surface area contributed by atoms with Crippen molar-refractivity contribution >= 4 is 17.0 Å². The minimum atomic E-state index is -0.312. The van der Waals surface area contributed by atoms with E-state index in [4.69, 9.17) is 19.9 Å². The Morgan fingerprint density at radius 1 is 1.21 bits per heavy atom. The quantitative estimate of drug-likeness (QED) is 0.252. The minimum absolute atomic E-state index is 0.153. The molecule has 5 rings (SSSR count). The van der Waals surface area contributed by atoms with Gasteiger partial charge in [0.25, 0.3) is 0 Å². The van der Waals surface area contributed by atoms with Crippen LogP contribution < -0.4 is 26.2 Å². The number of imidazole rings is 1. The molecule has 10 heteroatoms. The summed E-state index contributed by atoms with van der Waals surface area (Å²) in [5, 5.41) is 3.29. The van der Waals surface area contributed by atoms with Crippen LogP contribution in [-0.2, 0) is 24.2 Å². The van der Waals surface area contributed by atoms with Crippen LogP contribution in [0.1, 0.15) is 23.1 Å². The van der Waals surface area contributed by atoms with Gasteiger partial charge in [0.15, 0.2) is 11.5 Å². The molecule has 2 aromatic heterocycles. The molecule has 0 atom stereocenters. The Balaban J connectivity index is 1.39. The molecule has 0 saturated heterocycles. The van der Waals surface area contributed by atoms with Gasteiger partial charge in [0.2, 0.25) is 0 Å². The number of rotatable bonds is 7. The maximum Gasteiger partial charge on any atom is 0.328 e. The van der Waals surface area contributed by atoms with Crippen LogP contribution >= 0.6 is 0 Å². The van der Waals surface area contributed by atoms with Crippen molar-refractivity contribution in [2.75, 3.05) is 26.0 Å². The van der Waals surface area contributed by atoms with Gasteiger partial charge >= 0.3 is 11.7 Å². The van der Waals surface area contributed by atoms with Gasteiger partial charge < -0.3 is 30.2 Å². The molecule has 10 nitrogen and oxygen atoms in total. The van der Waals surface area contributed by atoms with Crippen LogP contribution in [0.5, 0.6) is 17.5 Å². The van der Waals surface area contributed by atoms with E-state index in [0.717, 1.165) is 28.2 Å². The van der Waals surface area contributed by atoms with Gasteiger partial charge in [-0.2, -0.15) is 9.97 Å². The average molecular weight is 515 g/mol. The van der Waals surface area contributed by atoms with Crippen LogP contribution in [0, 0.1) is 0 Å². The van der Waals surface area contributed by atoms with Gasteiger partial charge in [-0.1, -0.05) is 36.9 Å². The molecule has 38 heavy (non-hydrogen) atoms. The third-order valence-electron chi connectivity index (χ3n) is 6.21. The number of H-pyrrole nitrogens is 1. The Labute approximate surface area is 219 Å². The Morgan fingerprint density at radius 2 is 2.05 bits per heavy atom. The van der Waals surface area contributed by atoms with Gasteiger partial charge in [-0.25, -0.2) is 4.79 Å². The highest BCUT2D eigenvalue weighted by Gasteiger charge is 2.16. The molecule has 2 aromatic carbocycles. The Bertz CT molecular complexity index is 1540. The minimum Gasteiger partial charge on any atom is -0.500 e. The van der Waals surface area contributed by atoms with E-state index in [9.17, 15) is 4.79 Å². The summed E-state index contributed by atoms with van der Waals surface area (Å²) in [5.41, 5.74) is 9.62. The molecule has 196 valence electrons. The van der Waals surface area contributed by atoms with Crippen molar-refractivity contribution in [3.8, 4) is 17.5 Å². The Hall–Kier alpha value is -4.57. The highest BCUT2D eigenvalue weighted by atomic mass is 16.5. The van der Waals surface area contributed by atoms with Gasteiger partial charge in [0.1, 0.15) is 22.8 Å². The van der Waals surface area contributed by atoms with E-state index in [1.54, 1.807) is 7.11 Å². The lowest BCUT2D eigenvalue weighted by molar-refractivity contribution is 0.281. The van der Waals surface area contributed by atoms with Crippen LogP contribution in [0.2, 0.25) is 0 Å². The van der Waals surface area contributed by atoms with E-state index >= 15 is 0 Å². The number of allylic oxidation sites excluding steroid dienone is 1. The summed E-state index contributed by atoms with van der Waals surface area (Å²) in [6, 6.07) is 14.0. The van der Waals surface area contributed by atoms with Crippen molar-refractivity contribution in [3.63, 3.8) is 0 Å². The number of aromatic nitrogens is 4. The standard InChI is InChI=1S/C28H30N6O4/c1-18(36-2)15-30-16-19-7-10-22(11-8-19)38-23-12-9-20-14-21(23)6-4-3-5-13-37-27-32-25(29)24-26(33-27)34(17-20)28(35)31-24/h3-4,7-12,14,30H,1,5-6,13,15-17H2,2H3,(H,31,35)(H2,29,32,33)/b4-3+. The second-order valence-electron chi connectivity index (χ2n) is 8.95. The van der Waals surface area contributed by atoms with Gasteiger partial charge in [-0.3, -0.25) is 4.57 Å². The predicted molar refractivity (Wildman–Crippen MR) is 145 cm³/mol. The van der Waals surface area contributed by atoms with Crippen molar-refractivity contribution < 1.29 is 14.2 Å². The Morgan fingerprint density at radius 3 is 2.87 bits per heavy atom. The zero-order chi connectivity index (χ0) is 26.5. The fourth-order valence-corrected chi connectivity index (χ4v) is 4.18. The number of nitrogens with one attached hydrogen (secondary N) is 2. The highest BCUT2D eigenvalue weighted by Crippen LogP contribution is 2.28. The molecular formula is C28H30N6O4. The molecular weight excluding hydrogens is 484 g/mol. The van der Waals surface area contributed by atoms with Crippen LogP contribution in [-0.4, -0.2) is 39.8 Å². The van der Waals surface area contributed by atoms with E-state index in [-0.39, 0.29) is 17.5 Å². The van der Waals surface area contributed by atoms with Gasteiger partial charge in [-0.15, -0.1) is 0 Å². The number of nitrogens with zero attached hydrogens (tertiary/aromatic N) is 3. The molecule has 1 aliphatic rings. The number of aromatic amines is 1. The molecule has 0 saturated carbocycles. The van der Waals surface area contributed by atoms with Gasteiger partial charge in [-0.05, 0) is 53.8 Å². The number of anilines is 1. The molecule has 3 heterocycles. The van der Waals surface area contributed by atoms with Crippen LogP contribution in [0.15, 0.2) is 71.7 Å². The number of nitrogens with two attached hydrogens (primary N) is 1. The zero-order valence-corrected chi connectivity index (χ0v) is 21.2. The lowest BCUT2D eigenvalue weighted by Gasteiger charge is -2.14. The summed E-state index contributed by atoms with van der Waals surface area (Å²) in [6.45, 7) is 5.80.